The zero-order valence-electron chi connectivity index (χ0n) is 17.2. The molecule has 1 N–H and O–H groups in total. The Morgan fingerprint density at radius 1 is 1.16 bits per heavy atom. The maximum absolute atomic E-state index is 13.3. The van der Waals surface area contributed by atoms with Gasteiger partial charge in [0.15, 0.2) is 11.5 Å². The third-order valence-corrected chi connectivity index (χ3v) is 6.29. The first-order chi connectivity index (χ1) is 14.6. The lowest BCUT2D eigenvalue weighted by Gasteiger charge is -2.34. The van der Waals surface area contributed by atoms with Crippen LogP contribution < -0.4 is 4.90 Å². The Hall–Kier alpha value is -2.68. The van der Waals surface area contributed by atoms with Gasteiger partial charge in [-0.15, -0.1) is 0 Å². The van der Waals surface area contributed by atoms with E-state index in [0.29, 0.717) is 25.4 Å². The van der Waals surface area contributed by atoms with Crippen LogP contribution in [0.3, 0.4) is 0 Å². The molecular weight excluding hydrogens is 411 g/mol. The van der Waals surface area contributed by atoms with Crippen molar-refractivity contribution in [3.8, 4) is 0 Å². The fourth-order valence-corrected chi connectivity index (χ4v) is 3.78. The highest BCUT2D eigenvalue weighted by Gasteiger charge is 2.53. The highest BCUT2D eigenvalue weighted by atomic mass is 19.4. The Morgan fingerprint density at radius 2 is 1.81 bits per heavy atom. The van der Waals surface area contributed by atoms with Crippen LogP contribution in [0.4, 0.5) is 19.0 Å². The fourth-order valence-electron chi connectivity index (χ4n) is 3.78. The van der Waals surface area contributed by atoms with Gasteiger partial charge >= 0.3 is 12.1 Å². The lowest BCUT2D eigenvalue weighted by molar-refractivity contribution is -0.260. The average Bonchev–Trinajstić information content (AvgIpc) is 3.51. The molecule has 1 aromatic heterocycles. The van der Waals surface area contributed by atoms with Crippen LogP contribution in [-0.2, 0) is 16.9 Å². The second-order valence-electron chi connectivity index (χ2n) is 8.55. The first kappa shape index (κ1) is 21.5. The van der Waals surface area contributed by atoms with E-state index in [1.807, 2.05) is 18.2 Å². The van der Waals surface area contributed by atoms with Crippen LogP contribution in [0.25, 0.3) is 0 Å². The van der Waals surface area contributed by atoms with E-state index in [0.717, 1.165) is 37.4 Å². The molecule has 0 bridgehead atoms. The first-order valence-corrected chi connectivity index (χ1v) is 10.2. The van der Waals surface area contributed by atoms with Crippen molar-refractivity contribution in [2.24, 2.45) is 5.41 Å². The molecule has 9 heteroatoms. The molecule has 1 aliphatic carbocycles. The quantitative estimate of drug-likeness (QED) is 0.716. The number of halogens is 3. The summed E-state index contributed by atoms with van der Waals surface area (Å²) in [5, 5.41) is 10.1. The number of anilines is 1. The van der Waals surface area contributed by atoms with Crippen molar-refractivity contribution in [3.05, 3.63) is 53.5 Å². The van der Waals surface area contributed by atoms with Gasteiger partial charge in [0.1, 0.15) is 12.3 Å². The summed E-state index contributed by atoms with van der Waals surface area (Å²) in [6, 6.07) is 9.04. The topological polar surface area (TPSA) is 75.6 Å². The third-order valence-electron chi connectivity index (χ3n) is 6.29. The Bertz CT molecular complexity index is 949. The van der Waals surface area contributed by atoms with Gasteiger partial charge in [0.05, 0.1) is 6.20 Å². The molecule has 2 fully saturated rings. The Morgan fingerprint density at radius 3 is 2.39 bits per heavy atom. The van der Waals surface area contributed by atoms with Crippen molar-refractivity contribution in [2.45, 2.75) is 51.0 Å². The van der Waals surface area contributed by atoms with Crippen molar-refractivity contribution < 1.29 is 27.8 Å². The number of nitrogens with zero attached hydrogens (tertiary/aromatic N) is 3. The maximum atomic E-state index is 13.3. The maximum Gasteiger partial charge on any atom is 0.422 e. The number of carbonyl (C=O) groups excluding carboxylic acids is 1. The van der Waals surface area contributed by atoms with Gasteiger partial charge < -0.3 is 14.7 Å². The van der Waals surface area contributed by atoms with Crippen molar-refractivity contribution in [1.82, 2.24) is 9.97 Å². The van der Waals surface area contributed by atoms with E-state index >= 15 is 0 Å². The second-order valence-corrected chi connectivity index (χ2v) is 8.55. The van der Waals surface area contributed by atoms with E-state index in [-0.39, 0.29) is 18.1 Å². The summed E-state index contributed by atoms with van der Waals surface area (Å²) in [4.78, 5) is 22.5. The number of ether oxygens (including phenoxy) is 1. The fraction of sp³-hybridized carbons (Fsp3) is 0.500. The molecule has 1 aliphatic heterocycles. The first-order valence-electron chi connectivity index (χ1n) is 10.2. The lowest BCUT2D eigenvalue weighted by atomic mass is 9.93. The summed E-state index contributed by atoms with van der Waals surface area (Å²) in [5.41, 5.74) is -2.89. The van der Waals surface area contributed by atoms with Crippen molar-refractivity contribution in [1.29, 1.82) is 0 Å². The van der Waals surface area contributed by atoms with Crippen LogP contribution in [0.1, 0.15) is 54.4 Å². The molecule has 31 heavy (non-hydrogen) atoms. The molecule has 2 aliphatic rings. The van der Waals surface area contributed by atoms with Crippen molar-refractivity contribution >= 4 is 11.8 Å². The molecule has 0 amide bonds. The molecule has 1 unspecified atom stereocenters. The highest BCUT2D eigenvalue weighted by molar-refractivity contribution is 5.92. The third kappa shape index (κ3) is 4.37. The second kappa shape index (κ2) is 7.78. The molecule has 1 saturated carbocycles. The van der Waals surface area contributed by atoms with E-state index in [1.165, 1.54) is 0 Å². The molecule has 2 aromatic rings. The Kier molecular flexibility index (Phi) is 5.41. The lowest BCUT2D eigenvalue weighted by Crippen LogP contribution is -2.41. The van der Waals surface area contributed by atoms with Crippen LogP contribution in [0.15, 0.2) is 36.5 Å². The predicted octanol–water partition coefficient (Wildman–Crippen LogP) is 3.98. The summed E-state index contributed by atoms with van der Waals surface area (Å²) in [6.07, 6.45) is -0.0700. The minimum atomic E-state index is -4.94. The van der Waals surface area contributed by atoms with Gasteiger partial charge in [-0.05, 0) is 43.6 Å². The molecule has 2 heterocycles. The summed E-state index contributed by atoms with van der Waals surface area (Å²) in [5.74, 6) is -0.744. The van der Waals surface area contributed by atoms with Gasteiger partial charge in [0.2, 0.25) is 5.60 Å². The predicted molar refractivity (Wildman–Crippen MR) is 106 cm³/mol. The molecule has 1 aromatic carbocycles. The average molecular weight is 435 g/mol. The number of hydrogen-bond donors (Lipinski definition) is 1. The summed E-state index contributed by atoms with van der Waals surface area (Å²) < 4.78 is 45.4. The number of hydrogen-bond acceptors (Lipinski definition) is 6. The number of aromatic nitrogens is 2. The SMILES string of the molecule is CC(O)(c1cnc(C(=O)OCc2ccccc2)c(N2CCC3(CC2)CC3)n1)C(F)(F)F. The van der Waals surface area contributed by atoms with Gasteiger partial charge in [-0.2, -0.15) is 13.2 Å². The number of piperidine rings is 1. The summed E-state index contributed by atoms with van der Waals surface area (Å²) in [7, 11) is 0. The molecule has 1 spiro atoms. The summed E-state index contributed by atoms with van der Waals surface area (Å²) >= 11 is 0. The van der Waals surface area contributed by atoms with Gasteiger partial charge in [-0.1, -0.05) is 30.3 Å². The number of alkyl halides is 3. The van der Waals surface area contributed by atoms with Crippen molar-refractivity contribution in [3.63, 3.8) is 0 Å². The zero-order valence-corrected chi connectivity index (χ0v) is 17.2. The van der Waals surface area contributed by atoms with Crippen LogP contribution in [0.2, 0.25) is 0 Å². The molecule has 1 saturated heterocycles. The standard InChI is InChI=1S/C22H24F3N3O3/c1-20(30,22(23,24)25)16-13-26-17(19(29)31-14-15-5-3-2-4-6-15)18(27-16)28-11-9-21(7-8-21)10-12-28/h2-6,13,30H,7-12,14H2,1H3. The van der Waals surface area contributed by atoms with Crippen LogP contribution in [0, 0.1) is 5.41 Å². The smallest absolute Gasteiger partial charge is 0.422 e. The van der Waals surface area contributed by atoms with Gasteiger partial charge in [0.25, 0.3) is 0 Å². The van der Waals surface area contributed by atoms with Gasteiger partial charge in [0, 0.05) is 13.1 Å². The number of esters is 1. The number of aliphatic hydroxyl groups is 1. The molecule has 6 nitrogen and oxygen atoms in total. The van der Waals surface area contributed by atoms with E-state index in [9.17, 15) is 23.1 Å². The van der Waals surface area contributed by atoms with Gasteiger partial charge in [-0.3, -0.25) is 0 Å². The van der Waals surface area contributed by atoms with Gasteiger partial charge in [-0.25, -0.2) is 14.8 Å². The number of carbonyl (C=O) groups is 1. The minimum Gasteiger partial charge on any atom is -0.456 e. The highest BCUT2D eigenvalue weighted by Crippen LogP contribution is 2.54. The zero-order chi connectivity index (χ0) is 22.3. The Balaban J connectivity index is 1.62. The monoisotopic (exact) mass is 435 g/mol. The largest absolute Gasteiger partial charge is 0.456 e. The van der Waals surface area contributed by atoms with E-state index in [1.54, 1.807) is 17.0 Å². The van der Waals surface area contributed by atoms with Crippen LogP contribution in [0.5, 0.6) is 0 Å². The molecule has 1 atom stereocenters. The van der Waals surface area contributed by atoms with Crippen LogP contribution in [-0.4, -0.2) is 40.3 Å². The summed E-state index contributed by atoms with van der Waals surface area (Å²) in [6.45, 7) is 1.76. The molecule has 0 radical (unpaired) electrons. The number of benzene rings is 1. The molecule has 166 valence electrons. The molecular formula is C22H24F3N3O3. The van der Waals surface area contributed by atoms with E-state index in [4.69, 9.17) is 4.74 Å². The van der Waals surface area contributed by atoms with E-state index in [2.05, 4.69) is 9.97 Å². The normalized spacial score (nSPS) is 19.7. The minimum absolute atomic E-state index is 0.00588. The Labute approximate surface area is 178 Å². The number of rotatable bonds is 5. The van der Waals surface area contributed by atoms with Crippen LogP contribution >= 0.6 is 0 Å². The van der Waals surface area contributed by atoms with E-state index < -0.39 is 23.4 Å². The molecule has 4 rings (SSSR count). The van der Waals surface area contributed by atoms with Crippen molar-refractivity contribution in [2.75, 3.05) is 18.0 Å².